The zero-order valence-corrected chi connectivity index (χ0v) is 14.4. The summed E-state index contributed by atoms with van der Waals surface area (Å²) in [6.45, 7) is 5.93. The smallest absolute Gasteiger partial charge is 0.411 e. The van der Waals surface area contributed by atoms with E-state index in [2.05, 4.69) is 10.1 Å². The average molecular weight is 331 g/mol. The Morgan fingerprint density at radius 1 is 1.21 bits per heavy atom. The largest absolute Gasteiger partial charge is 0.486 e. The second kappa shape index (κ2) is 7.81. The van der Waals surface area contributed by atoms with E-state index >= 15 is 0 Å². The molecule has 1 N–H and O–H groups in total. The Hall–Kier alpha value is -2.56. The molecular formula is C19H22FNO3. The lowest BCUT2D eigenvalue weighted by atomic mass is 10.0. The minimum Gasteiger partial charge on any atom is -0.486 e. The van der Waals surface area contributed by atoms with Crippen LogP contribution < -0.4 is 10.1 Å². The van der Waals surface area contributed by atoms with Crippen LogP contribution in [0.1, 0.15) is 29.2 Å². The van der Waals surface area contributed by atoms with Gasteiger partial charge in [-0.25, -0.2) is 9.18 Å². The number of carbonyl (C=O) groups excluding carboxylic acids is 1. The molecule has 0 aliphatic heterocycles. The molecule has 1 amide bonds. The zero-order valence-electron chi connectivity index (χ0n) is 14.4. The monoisotopic (exact) mass is 331 g/mol. The number of rotatable bonds is 5. The predicted octanol–water partition coefficient (Wildman–Crippen LogP) is 4.76. The van der Waals surface area contributed by atoms with Crippen LogP contribution in [0.15, 0.2) is 30.3 Å². The summed E-state index contributed by atoms with van der Waals surface area (Å²) in [6.07, 6.45) is 0.215. The fraction of sp³-hybridized carbons (Fsp3) is 0.316. The molecule has 0 heterocycles. The van der Waals surface area contributed by atoms with Gasteiger partial charge in [0.05, 0.1) is 12.8 Å². The summed E-state index contributed by atoms with van der Waals surface area (Å²) in [6, 6.07) is 8.73. The number of methoxy groups -OCH3 is 1. The van der Waals surface area contributed by atoms with Gasteiger partial charge in [0.2, 0.25) is 0 Å². The Kier molecular flexibility index (Phi) is 5.79. The van der Waals surface area contributed by atoms with Crippen molar-refractivity contribution in [2.24, 2.45) is 0 Å². The summed E-state index contributed by atoms with van der Waals surface area (Å²) in [5.41, 5.74) is 4.27. The molecule has 0 fully saturated rings. The Morgan fingerprint density at radius 3 is 2.58 bits per heavy atom. The van der Waals surface area contributed by atoms with Crippen LogP contribution in [0.5, 0.6) is 5.75 Å². The van der Waals surface area contributed by atoms with Gasteiger partial charge in [0.15, 0.2) is 11.6 Å². The van der Waals surface area contributed by atoms with Gasteiger partial charge in [-0.15, -0.1) is 0 Å². The van der Waals surface area contributed by atoms with E-state index in [4.69, 9.17) is 4.74 Å². The predicted molar refractivity (Wildman–Crippen MR) is 92.1 cm³/mol. The highest BCUT2D eigenvalue weighted by Gasteiger charge is 2.13. The second-order valence-corrected chi connectivity index (χ2v) is 5.57. The van der Waals surface area contributed by atoms with Gasteiger partial charge in [-0.3, -0.25) is 5.32 Å². The first-order chi connectivity index (χ1) is 11.5. The molecule has 0 unspecified atom stereocenters. The SMILES string of the molecule is CCc1cccc(NC(=O)OC)c1COc1cc(C)c(C)cc1F. The van der Waals surface area contributed by atoms with E-state index in [9.17, 15) is 9.18 Å². The van der Waals surface area contributed by atoms with Crippen molar-refractivity contribution in [3.05, 3.63) is 58.4 Å². The maximum atomic E-state index is 14.1. The minimum atomic E-state index is -0.554. The number of aryl methyl sites for hydroxylation is 3. The van der Waals surface area contributed by atoms with Gasteiger partial charge in [0.25, 0.3) is 0 Å². The van der Waals surface area contributed by atoms with Gasteiger partial charge in [-0.2, -0.15) is 0 Å². The molecular weight excluding hydrogens is 309 g/mol. The van der Waals surface area contributed by atoms with Crippen LogP contribution in [0, 0.1) is 19.7 Å². The lowest BCUT2D eigenvalue weighted by molar-refractivity contribution is 0.187. The van der Waals surface area contributed by atoms with E-state index < -0.39 is 11.9 Å². The van der Waals surface area contributed by atoms with Gasteiger partial charge in [-0.05, 0) is 55.2 Å². The molecule has 24 heavy (non-hydrogen) atoms. The first-order valence-electron chi connectivity index (χ1n) is 7.81. The minimum absolute atomic E-state index is 0.156. The molecule has 2 rings (SSSR count). The summed E-state index contributed by atoms with van der Waals surface area (Å²) < 4.78 is 24.4. The average Bonchev–Trinajstić information content (AvgIpc) is 2.57. The van der Waals surface area contributed by atoms with Crippen molar-refractivity contribution >= 4 is 11.8 Å². The number of amides is 1. The number of halogens is 1. The van der Waals surface area contributed by atoms with E-state index in [1.165, 1.54) is 13.2 Å². The maximum Gasteiger partial charge on any atom is 0.411 e. The van der Waals surface area contributed by atoms with E-state index in [-0.39, 0.29) is 12.4 Å². The third-order valence-electron chi connectivity index (χ3n) is 4.00. The van der Waals surface area contributed by atoms with Gasteiger partial charge < -0.3 is 9.47 Å². The summed E-state index contributed by atoms with van der Waals surface area (Å²) in [4.78, 5) is 11.5. The number of benzene rings is 2. The Bertz CT molecular complexity index is 744. The maximum absolute atomic E-state index is 14.1. The van der Waals surface area contributed by atoms with Crippen LogP contribution in [0.4, 0.5) is 14.9 Å². The number of anilines is 1. The third-order valence-corrected chi connectivity index (χ3v) is 4.00. The van der Waals surface area contributed by atoms with Crippen LogP contribution in [0.2, 0.25) is 0 Å². The highest BCUT2D eigenvalue weighted by Crippen LogP contribution is 2.26. The molecule has 0 radical (unpaired) electrons. The molecule has 2 aromatic rings. The summed E-state index contributed by atoms with van der Waals surface area (Å²) in [5.74, 6) is -0.192. The molecule has 2 aromatic carbocycles. The number of hydrogen-bond acceptors (Lipinski definition) is 3. The highest BCUT2D eigenvalue weighted by atomic mass is 19.1. The van der Waals surface area contributed by atoms with Crippen molar-refractivity contribution < 1.29 is 18.7 Å². The van der Waals surface area contributed by atoms with Gasteiger partial charge in [-0.1, -0.05) is 19.1 Å². The Balaban J connectivity index is 2.28. The van der Waals surface area contributed by atoms with Crippen molar-refractivity contribution in [3.8, 4) is 5.75 Å². The molecule has 0 aliphatic rings. The fourth-order valence-corrected chi connectivity index (χ4v) is 2.43. The quantitative estimate of drug-likeness (QED) is 0.859. The lowest BCUT2D eigenvalue weighted by Gasteiger charge is -2.16. The number of ether oxygens (including phenoxy) is 2. The first kappa shape index (κ1) is 17.8. The Morgan fingerprint density at radius 2 is 1.92 bits per heavy atom. The van der Waals surface area contributed by atoms with Gasteiger partial charge in [0, 0.05) is 5.56 Å². The van der Waals surface area contributed by atoms with Crippen LogP contribution >= 0.6 is 0 Å². The molecule has 0 saturated heterocycles. The van der Waals surface area contributed by atoms with E-state index in [0.717, 1.165) is 28.7 Å². The molecule has 5 heteroatoms. The second-order valence-electron chi connectivity index (χ2n) is 5.57. The van der Waals surface area contributed by atoms with Crippen molar-refractivity contribution in [1.29, 1.82) is 0 Å². The molecule has 0 spiro atoms. The molecule has 0 saturated carbocycles. The fourth-order valence-electron chi connectivity index (χ4n) is 2.43. The highest BCUT2D eigenvalue weighted by molar-refractivity contribution is 5.85. The lowest BCUT2D eigenvalue weighted by Crippen LogP contribution is -2.14. The van der Waals surface area contributed by atoms with Crippen LogP contribution in [0.3, 0.4) is 0 Å². The molecule has 0 aromatic heterocycles. The zero-order chi connectivity index (χ0) is 17.7. The number of hydrogen-bond donors (Lipinski definition) is 1. The van der Waals surface area contributed by atoms with Crippen molar-refractivity contribution in [2.75, 3.05) is 12.4 Å². The summed E-state index contributed by atoms with van der Waals surface area (Å²) in [5, 5.41) is 2.67. The molecule has 0 atom stereocenters. The Labute approximate surface area is 141 Å². The van der Waals surface area contributed by atoms with Crippen molar-refractivity contribution in [1.82, 2.24) is 0 Å². The number of carbonyl (C=O) groups is 1. The van der Waals surface area contributed by atoms with Crippen molar-refractivity contribution in [2.45, 2.75) is 33.8 Å². The van der Waals surface area contributed by atoms with E-state index in [0.29, 0.717) is 5.69 Å². The van der Waals surface area contributed by atoms with Crippen LogP contribution in [-0.2, 0) is 17.8 Å². The number of nitrogens with one attached hydrogen (secondary N) is 1. The molecule has 128 valence electrons. The molecule has 0 bridgehead atoms. The van der Waals surface area contributed by atoms with Crippen LogP contribution in [-0.4, -0.2) is 13.2 Å². The van der Waals surface area contributed by atoms with E-state index in [1.54, 1.807) is 12.1 Å². The molecule has 4 nitrogen and oxygen atoms in total. The normalized spacial score (nSPS) is 10.4. The topological polar surface area (TPSA) is 47.6 Å². The van der Waals surface area contributed by atoms with E-state index in [1.807, 2.05) is 32.9 Å². The van der Waals surface area contributed by atoms with Crippen molar-refractivity contribution in [3.63, 3.8) is 0 Å². The molecule has 0 aliphatic carbocycles. The third kappa shape index (κ3) is 4.04. The summed E-state index contributed by atoms with van der Waals surface area (Å²) >= 11 is 0. The first-order valence-corrected chi connectivity index (χ1v) is 7.81. The van der Waals surface area contributed by atoms with Gasteiger partial charge in [0.1, 0.15) is 6.61 Å². The van der Waals surface area contributed by atoms with Gasteiger partial charge >= 0.3 is 6.09 Å². The standard InChI is InChI=1S/C19H22FNO3/c1-5-14-7-6-8-17(21-19(22)23-4)15(14)11-24-18-10-13(3)12(2)9-16(18)20/h6-10H,5,11H2,1-4H3,(H,21,22). The van der Waals surface area contributed by atoms with Crippen LogP contribution in [0.25, 0.3) is 0 Å². The summed E-state index contributed by atoms with van der Waals surface area (Å²) in [7, 11) is 1.31.